The molecule has 0 radical (unpaired) electrons. The molecule has 21 heavy (non-hydrogen) atoms. The number of ether oxygens (including phenoxy) is 1. The van der Waals surface area contributed by atoms with Crippen LogP contribution in [0.15, 0.2) is 22.8 Å². The minimum atomic E-state index is 0.0140. The third-order valence-electron chi connectivity index (χ3n) is 3.67. The second-order valence-electron chi connectivity index (χ2n) is 5.59. The highest BCUT2D eigenvalue weighted by atomic mass is 79.9. The summed E-state index contributed by atoms with van der Waals surface area (Å²) in [6.07, 6.45) is 2.00. The van der Waals surface area contributed by atoms with Gasteiger partial charge in [0.15, 0.2) is 0 Å². The van der Waals surface area contributed by atoms with Crippen molar-refractivity contribution in [1.29, 1.82) is 0 Å². The van der Waals surface area contributed by atoms with E-state index in [1.165, 1.54) is 0 Å². The third kappa shape index (κ3) is 2.70. The number of rotatable bonds is 1. The lowest BCUT2D eigenvalue weighted by molar-refractivity contribution is -0.0587. The topological polar surface area (TPSA) is 46.8 Å². The summed E-state index contributed by atoms with van der Waals surface area (Å²) in [7, 11) is 0. The van der Waals surface area contributed by atoms with Gasteiger partial charge < -0.3 is 9.64 Å². The third-order valence-corrected chi connectivity index (χ3v) is 4.14. The maximum atomic E-state index is 12.9. The first kappa shape index (κ1) is 14.5. The zero-order valence-corrected chi connectivity index (χ0v) is 13.9. The van der Waals surface area contributed by atoms with Gasteiger partial charge in [-0.1, -0.05) is 0 Å². The zero-order valence-electron chi connectivity index (χ0n) is 12.3. The number of nitrogens with zero attached hydrogens (tertiary/aromatic N) is 3. The van der Waals surface area contributed by atoms with Gasteiger partial charge in [0.1, 0.15) is 11.3 Å². The molecule has 6 heteroatoms. The molecule has 112 valence electrons. The van der Waals surface area contributed by atoms with Gasteiger partial charge in [-0.3, -0.25) is 9.20 Å². The molecule has 2 atom stereocenters. The van der Waals surface area contributed by atoms with E-state index in [1.807, 2.05) is 48.4 Å². The monoisotopic (exact) mass is 351 g/mol. The van der Waals surface area contributed by atoms with Gasteiger partial charge in [-0.05, 0) is 48.8 Å². The summed E-state index contributed by atoms with van der Waals surface area (Å²) >= 11 is 3.45. The summed E-state index contributed by atoms with van der Waals surface area (Å²) in [5.41, 5.74) is 2.17. The quantitative estimate of drug-likeness (QED) is 0.793. The van der Waals surface area contributed by atoms with Gasteiger partial charge in [0.25, 0.3) is 5.91 Å². The second-order valence-corrected chi connectivity index (χ2v) is 6.50. The minimum absolute atomic E-state index is 0.0140. The molecule has 0 bridgehead atoms. The molecule has 3 heterocycles. The van der Waals surface area contributed by atoms with E-state index in [1.54, 1.807) is 0 Å². The smallest absolute Gasteiger partial charge is 0.272 e. The van der Waals surface area contributed by atoms with Crippen LogP contribution in [0.25, 0.3) is 5.65 Å². The molecule has 1 saturated heterocycles. The van der Waals surface area contributed by atoms with E-state index >= 15 is 0 Å². The standard InChI is InChI=1S/C15H18BrN3O2/c1-9-6-18(7-10(2)21-9)15(20)14-11(3)17-13-5-4-12(16)8-19(13)14/h4-5,8-10H,6-7H2,1-3H3. The molecule has 2 aromatic rings. The molecule has 5 nitrogen and oxygen atoms in total. The molecule has 0 saturated carbocycles. The Balaban J connectivity index is 2.01. The van der Waals surface area contributed by atoms with Crippen molar-refractivity contribution in [1.82, 2.24) is 14.3 Å². The van der Waals surface area contributed by atoms with Crippen LogP contribution in [-0.4, -0.2) is 45.5 Å². The number of aryl methyl sites for hydroxylation is 1. The van der Waals surface area contributed by atoms with Gasteiger partial charge in [-0.2, -0.15) is 0 Å². The fourth-order valence-corrected chi connectivity index (χ4v) is 3.22. The van der Waals surface area contributed by atoms with Crippen LogP contribution in [0.1, 0.15) is 30.0 Å². The van der Waals surface area contributed by atoms with Crippen molar-refractivity contribution in [2.75, 3.05) is 13.1 Å². The van der Waals surface area contributed by atoms with Crippen LogP contribution in [-0.2, 0) is 4.74 Å². The summed E-state index contributed by atoms with van der Waals surface area (Å²) in [6, 6.07) is 3.83. The van der Waals surface area contributed by atoms with E-state index in [4.69, 9.17) is 4.74 Å². The lowest BCUT2D eigenvalue weighted by Crippen LogP contribution is -2.48. The van der Waals surface area contributed by atoms with E-state index in [0.29, 0.717) is 18.8 Å². The van der Waals surface area contributed by atoms with Crippen LogP contribution < -0.4 is 0 Å². The van der Waals surface area contributed by atoms with E-state index in [9.17, 15) is 4.79 Å². The first-order valence-corrected chi connectivity index (χ1v) is 7.84. The first-order chi connectivity index (χ1) is 9.95. The number of amides is 1. The van der Waals surface area contributed by atoms with Gasteiger partial charge in [0.05, 0.1) is 17.9 Å². The molecule has 0 aromatic carbocycles. The Morgan fingerprint density at radius 1 is 1.33 bits per heavy atom. The molecular weight excluding hydrogens is 334 g/mol. The molecule has 0 N–H and O–H groups in total. The van der Waals surface area contributed by atoms with Crippen molar-refractivity contribution >= 4 is 27.5 Å². The summed E-state index contributed by atoms with van der Waals surface area (Å²) in [4.78, 5) is 19.2. The first-order valence-electron chi connectivity index (χ1n) is 7.04. The molecule has 1 fully saturated rings. The Morgan fingerprint density at radius 3 is 2.67 bits per heavy atom. The van der Waals surface area contributed by atoms with E-state index in [2.05, 4.69) is 20.9 Å². The SMILES string of the molecule is Cc1nc2ccc(Br)cn2c1C(=O)N1CC(C)OC(C)C1. The van der Waals surface area contributed by atoms with Gasteiger partial charge in [0.2, 0.25) is 0 Å². The molecule has 0 spiro atoms. The van der Waals surface area contributed by atoms with Gasteiger partial charge >= 0.3 is 0 Å². The molecule has 2 unspecified atom stereocenters. The Hall–Kier alpha value is -1.40. The van der Waals surface area contributed by atoms with E-state index in [-0.39, 0.29) is 18.1 Å². The molecule has 2 aromatic heterocycles. The molecule has 1 amide bonds. The summed E-state index contributed by atoms with van der Waals surface area (Å²) in [5.74, 6) is 0.0140. The molecule has 0 aliphatic carbocycles. The maximum Gasteiger partial charge on any atom is 0.272 e. The Kier molecular flexibility index (Phi) is 3.75. The minimum Gasteiger partial charge on any atom is -0.372 e. The summed E-state index contributed by atoms with van der Waals surface area (Å²) in [6.45, 7) is 7.09. The predicted octanol–water partition coefficient (Wildman–Crippen LogP) is 2.65. The predicted molar refractivity (Wildman–Crippen MR) is 83.5 cm³/mol. The molecule has 3 rings (SSSR count). The number of hydrogen-bond acceptors (Lipinski definition) is 3. The summed E-state index contributed by atoms with van der Waals surface area (Å²) < 4.78 is 8.47. The van der Waals surface area contributed by atoms with E-state index in [0.717, 1.165) is 15.8 Å². The van der Waals surface area contributed by atoms with Crippen LogP contribution in [0.2, 0.25) is 0 Å². The average molecular weight is 352 g/mol. The number of aromatic nitrogens is 2. The van der Waals surface area contributed by atoms with Crippen molar-refractivity contribution < 1.29 is 9.53 Å². The normalized spacial score (nSPS) is 22.8. The number of carbonyl (C=O) groups excluding carboxylic acids is 1. The van der Waals surface area contributed by atoms with Gasteiger partial charge in [-0.15, -0.1) is 0 Å². The highest BCUT2D eigenvalue weighted by molar-refractivity contribution is 9.10. The number of imidazole rings is 1. The van der Waals surface area contributed by atoms with Crippen LogP contribution >= 0.6 is 15.9 Å². The Bertz CT molecular complexity index is 688. The summed E-state index contributed by atoms with van der Waals surface area (Å²) in [5, 5.41) is 0. The van der Waals surface area contributed by atoms with Crippen molar-refractivity contribution in [2.45, 2.75) is 33.0 Å². The Morgan fingerprint density at radius 2 is 2.00 bits per heavy atom. The maximum absolute atomic E-state index is 12.9. The fourth-order valence-electron chi connectivity index (χ4n) is 2.89. The van der Waals surface area contributed by atoms with Crippen LogP contribution in [0.3, 0.4) is 0 Å². The lowest BCUT2D eigenvalue weighted by atomic mass is 10.2. The van der Waals surface area contributed by atoms with Crippen LogP contribution in [0.5, 0.6) is 0 Å². The number of halogens is 1. The highest BCUT2D eigenvalue weighted by Gasteiger charge is 2.29. The molecule has 1 aliphatic heterocycles. The van der Waals surface area contributed by atoms with Crippen molar-refractivity contribution in [3.63, 3.8) is 0 Å². The van der Waals surface area contributed by atoms with Gasteiger partial charge in [-0.25, -0.2) is 4.98 Å². The fraction of sp³-hybridized carbons (Fsp3) is 0.467. The number of hydrogen-bond donors (Lipinski definition) is 0. The highest BCUT2D eigenvalue weighted by Crippen LogP contribution is 2.20. The van der Waals surface area contributed by atoms with Crippen molar-refractivity contribution in [3.05, 3.63) is 34.2 Å². The number of pyridine rings is 1. The number of fused-ring (bicyclic) bond motifs is 1. The molecule has 1 aliphatic rings. The number of morpholine rings is 1. The average Bonchev–Trinajstić information content (AvgIpc) is 2.72. The lowest BCUT2D eigenvalue weighted by Gasteiger charge is -2.35. The zero-order chi connectivity index (χ0) is 15.1. The molecular formula is C15H18BrN3O2. The van der Waals surface area contributed by atoms with Crippen molar-refractivity contribution in [3.8, 4) is 0 Å². The van der Waals surface area contributed by atoms with Crippen LogP contribution in [0.4, 0.5) is 0 Å². The number of carbonyl (C=O) groups is 1. The largest absolute Gasteiger partial charge is 0.372 e. The van der Waals surface area contributed by atoms with Crippen LogP contribution in [0, 0.1) is 6.92 Å². The van der Waals surface area contributed by atoms with Crippen molar-refractivity contribution in [2.24, 2.45) is 0 Å². The van der Waals surface area contributed by atoms with Gasteiger partial charge in [0, 0.05) is 23.8 Å². The second kappa shape index (κ2) is 5.42. The Labute approximate surface area is 132 Å². The van der Waals surface area contributed by atoms with E-state index < -0.39 is 0 Å².